The first-order valence-electron chi connectivity index (χ1n) is 16.9. The Morgan fingerprint density at radius 2 is 1.08 bits per heavy atom. The summed E-state index contributed by atoms with van der Waals surface area (Å²) < 4.78 is 11.8. The molecular weight excluding hydrogens is 645 g/mol. The predicted octanol–water partition coefficient (Wildman–Crippen LogP) is 12.2. The molecule has 0 amide bonds. The second kappa shape index (κ2) is 10.9. The van der Waals surface area contributed by atoms with Crippen molar-refractivity contribution in [3.63, 3.8) is 0 Å². The number of fused-ring (bicyclic) bond motifs is 9. The van der Waals surface area contributed by atoms with Gasteiger partial charge in [0.2, 0.25) is 0 Å². The van der Waals surface area contributed by atoms with Gasteiger partial charge in [-0.2, -0.15) is 0 Å². The summed E-state index contributed by atoms with van der Waals surface area (Å²) in [5.41, 5.74) is 7.57. The van der Waals surface area contributed by atoms with Crippen molar-refractivity contribution in [1.82, 2.24) is 19.5 Å². The molecule has 4 heterocycles. The molecule has 0 aliphatic rings. The topological polar surface area (TPSA) is 56.7 Å². The number of rotatable bonds is 4. The maximum Gasteiger partial charge on any atom is 0.167 e. The average Bonchev–Trinajstić information content (AvgIpc) is 3.87. The van der Waals surface area contributed by atoms with E-state index in [-0.39, 0.29) is 0 Å². The van der Waals surface area contributed by atoms with Gasteiger partial charge in [-0.05, 0) is 42.5 Å². The lowest BCUT2D eigenvalue weighted by Crippen LogP contribution is -2.01. The third-order valence-corrected chi connectivity index (χ3v) is 11.0. The zero-order valence-corrected chi connectivity index (χ0v) is 27.9. The Labute approximate surface area is 295 Å². The van der Waals surface area contributed by atoms with E-state index in [0.29, 0.717) is 17.5 Å². The number of hydrogen-bond acceptors (Lipinski definition) is 5. The van der Waals surface area contributed by atoms with E-state index in [4.69, 9.17) is 19.4 Å². The van der Waals surface area contributed by atoms with Crippen LogP contribution in [-0.4, -0.2) is 19.5 Å². The first-order valence-corrected chi connectivity index (χ1v) is 17.8. The zero-order chi connectivity index (χ0) is 33.5. The molecule has 0 bridgehead atoms. The number of aromatic nitrogens is 4. The highest BCUT2D eigenvalue weighted by Gasteiger charge is 2.23. The second-order valence-corrected chi connectivity index (χ2v) is 13.9. The van der Waals surface area contributed by atoms with Crippen molar-refractivity contribution in [2.75, 3.05) is 0 Å². The van der Waals surface area contributed by atoms with Gasteiger partial charge in [-0.1, -0.05) is 115 Å². The highest BCUT2D eigenvalue weighted by Crippen LogP contribution is 2.44. The van der Waals surface area contributed by atoms with Crippen molar-refractivity contribution in [2.45, 2.75) is 0 Å². The molecule has 11 aromatic rings. The largest absolute Gasteiger partial charge is 0.455 e. The first-order chi connectivity index (χ1) is 25.3. The van der Waals surface area contributed by atoms with Crippen LogP contribution in [0.15, 0.2) is 162 Å². The third kappa shape index (κ3) is 4.30. The van der Waals surface area contributed by atoms with Crippen molar-refractivity contribution < 1.29 is 4.42 Å². The number of nitrogens with zero attached hydrogens (tertiary/aromatic N) is 4. The molecule has 0 radical (unpaired) electrons. The highest BCUT2D eigenvalue weighted by atomic mass is 32.1. The molecule has 0 atom stereocenters. The average molecular weight is 671 g/mol. The van der Waals surface area contributed by atoms with Crippen LogP contribution in [0.25, 0.3) is 104 Å². The minimum absolute atomic E-state index is 0.562. The monoisotopic (exact) mass is 670 g/mol. The van der Waals surface area contributed by atoms with E-state index >= 15 is 0 Å². The summed E-state index contributed by atoms with van der Waals surface area (Å²) in [6.45, 7) is 0. The Morgan fingerprint density at radius 3 is 1.84 bits per heavy atom. The minimum Gasteiger partial charge on any atom is -0.455 e. The van der Waals surface area contributed by atoms with Gasteiger partial charge in [0.15, 0.2) is 17.5 Å². The smallest absolute Gasteiger partial charge is 0.167 e. The molecule has 51 heavy (non-hydrogen) atoms. The summed E-state index contributed by atoms with van der Waals surface area (Å²) in [6, 6.07) is 54.9. The van der Waals surface area contributed by atoms with Crippen LogP contribution < -0.4 is 0 Å². The Bertz CT molecular complexity index is 3080. The molecule has 0 N–H and O–H groups in total. The zero-order valence-electron chi connectivity index (χ0n) is 27.1. The van der Waals surface area contributed by atoms with Gasteiger partial charge in [0.1, 0.15) is 11.2 Å². The van der Waals surface area contributed by atoms with Crippen LogP contribution in [-0.2, 0) is 0 Å². The maximum absolute atomic E-state index is 6.80. The normalized spacial score (nSPS) is 11.9. The van der Waals surface area contributed by atoms with Crippen LogP contribution in [0.3, 0.4) is 0 Å². The second-order valence-electron chi connectivity index (χ2n) is 12.8. The molecular formula is C45H26N4OS. The van der Waals surface area contributed by atoms with Crippen LogP contribution in [0.5, 0.6) is 0 Å². The van der Waals surface area contributed by atoms with E-state index in [2.05, 4.69) is 89.5 Å². The molecule has 7 aromatic carbocycles. The van der Waals surface area contributed by atoms with Crippen molar-refractivity contribution >= 4 is 75.3 Å². The standard InChI is InChI=1S/C45H26N4OS/c1-3-13-27(14-4-1)43-46-44(28-15-5-2-6-16-28)48-45(47-43)32-23-24-36(41-31-19-8-11-21-38(31)50-42(32)41)49-35-20-10-7-17-29(35)33-26-40-34(25-37(33)49)30-18-9-12-22-39(30)51-40/h1-26H. The van der Waals surface area contributed by atoms with Crippen LogP contribution in [0.2, 0.25) is 0 Å². The molecule has 6 heteroatoms. The van der Waals surface area contributed by atoms with E-state index < -0.39 is 0 Å². The number of furan rings is 1. The molecule has 238 valence electrons. The summed E-state index contributed by atoms with van der Waals surface area (Å²) in [5, 5.41) is 7.05. The number of para-hydroxylation sites is 2. The summed E-state index contributed by atoms with van der Waals surface area (Å²) in [7, 11) is 0. The van der Waals surface area contributed by atoms with Gasteiger partial charge in [-0.25, -0.2) is 15.0 Å². The van der Waals surface area contributed by atoms with Gasteiger partial charge < -0.3 is 8.98 Å². The van der Waals surface area contributed by atoms with E-state index in [1.54, 1.807) is 0 Å². The van der Waals surface area contributed by atoms with Crippen LogP contribution in [0.4, 0.5) is 0 Å². The SMILES string of the molecule is c1ccc(-c2nc(-c3ccccc3)nc(-c3ccc(-n4c5ccccc5c5cc6sc7ccccc7c6cc54)c4c3oc3ccccc34)n2)cc1. The van der Waals surface area contributed by atoms with E-state index in [1.807, 2.05) is 84.1 Å². The Kier molecular flexibility index (Phi) is 6.05. The van der Waals surface area contributed by atoms with Crippen molar-refractivity contribution in [3.05, 3.63) is 158 Å². The molecule has 0 saturated heterocycles. The number of hydrogen-bond donors (Lipinski definition) is 0. The van der Waals surface area contributed by atoms with Gasteiger partial charge in [-0.3, -0.25) is 0 Å². The third-order valence-electron chi connectivity index (χ3n) is 9.86. The molecule has 5 nitrogen and oxygen atoms in total. The van der Waals surface area contributed by atoms with E-state index in [0.717, 1.165) is 55.3 Å². The molecule has 4 aromatic heterocycles. The fourth-order valence-corrected chi connectivity index (χ4v) is 8.68. The van der Waals surface area contributed by atoms with E-state index in [9.17, 15) is 0 Å². The Balaban J connectivity index is 1.23. The Morgan fingerprint density at radius 1 is 0.451 bits per heavy atom. The molecule has 0 saturated carbocycles. The van der Waals surface area contributed by atoms with Crippen LogP contribution in [0, 0.1) is 0 Å². The van der Waals surface area contributed by atoms with Crippen molar-refractivity contribution in [3.8, 4) is 39.9 Å². The molecule has 0 aliphatic carbocycles. The van der Waals surface area contributed by atoms with E-state index in [1.165, 1.54) is 30.9 Å². The molecule has 11 rings (SSSR count). The molecule has 0 aliphatic heterocycles. The van der Waals surface area contributed by atoms with Gasteiger partial charge >= 0.3 is 0 Å². The summed E-state index contributed by atoms with van der Waals surface area (Å²) >= 11 is 1.85. The van der Waals surface area contributed by atoms with Crippen LogP contribution in [0.1, 0.15) is 0 Å². The number of benzene rings is 7. The summed E-state index contributed by atoms with van der Waals surface area (Å²) in [6.07, 6.45) is 0. The maximum atomic E-state index is 6.80. The summed E-state index contributed by atoms with van der Waals surface area (Å²) in [5.74, 6) is 1.79. The first kappa shape index (κ1) is 28.2. The van der Waals surface area contributed by atoms with Gasteiger partial charge in [-0.15, -0.1) is 11.3 Å². The lowest BCUT2D eigenvalue weighted by Gasteiger charge is -2.13. The van der Waals surface area contributed by atoms with Crippen molar-refractivity contribution in [2.24, 2.45) is 0 Å². The lowest BCUT2D eigenvalue weighted by atomic mass is 10.1. The molecule has 0 spiro atoms. The fraction of sp³-hybridized carbons (Fsp3) is 0. The van der Waals surface area contributed by atoms with Crippen molar-refractivity contribution in [1.29, 1.82) is 0 Å². The molecule has 0 fully saturated rings. The quantitative estimate of drug-likeness (QED) is 0.187. The highest BCUT2D eigenvalue weighted by molar-refractivity contribution is 7.25. The lowest BCUT2D eigenvalue weighted by molar-refractivity contribution is 0.669. The minimum atomic E-state index is 0.562. The predicted molar refractivity (Wildman–Crippen MR) is 211 cm³/mol. The summed E-state index contributed by atoms with van der Waals surface area (Å²) in [4.78, 5) is 15.1. The van der Waals surface area contributed by atoms with Gasteiger partial charge in [0, 0.05) is 47.5 Å². The number of thiophene rings is 1. The fourth-order valence-electron chi connectivity index (χ4n) is 7.55. The van der Waals surface area contributed by atoms with Gasteiger partial charge in [0.25, 0.3) is 0 Å². The Hall–Kier alpha value is -6.63. The molecule has 0 unspecified atom stereocenters. The van der Waals surface area contributed by atoms with Gasteiger partial charge in [0.05, 0.1) is 27.7 Å². The van der Waals surface area contributed by atoms with Crippen LogP contribution >= 0.6 is 11.3 Å².